The molecule has 2 nitrogen and oxygen atoms in total. The maximum Gasteiger partial charge on any atom is 0.152 e. The van der Waals surface area contributed by atoms with Gasteiger partial charge in [0.2, 0.25) is 0 Å². The second kappa shape index (κ2) is 5.65. The number of hydrogen-bond acceptors (Lipinski definition) is 2. The average molecular weight is 257 g/mol. The highest BCUT2D eigenvalue weighted by Crippen LogP contribution is 2.21. The van der Waals surface area contributed by atoms with Crippen LogP contribution in [-0.4, -0.2) is 13.3 Å². The number of aldehydes is 1. The molecule has 0 radical (unpaired) electrons. The smallest absolute Gasteiger partial charge is 0.152 e. The van der Waals surface area contributed by atoms with E-state index in [9.17, 15) is 9.18 Å². The highest BCUT2D eigenvalue weighted by molar-refractivity contribution is 5.84. The minimum absolute atomic E-state index is 0.240. The molecule has 3 heteroatoms. The molecular formula is C16H16FNO. The molecule has 0 unspecified atom stereocenters. The van der Waals surface area contributed by atoms with E-state index in [-0.39, 0.29) is 5.82 Å². The number of hydrogen-bond donors (Lipinski definition) is 0. The van der Waals surface area contributed by atoms with Gasteiger partial charge in [-0.2, -0.15) is 0 Å². The van der Waals surface area contributed by atoms with Crippen LogP contribution in [0.15, 0.2) is 42.5 Å². The largest absolute Gasteiger partial charge is 0.370 e. The summed E-state index contributed by atoms with van der Waals surface area (Å²) in [6, 6.07) is 12.2. The monoisotopic (exact) mass is 257 g/mol. The van der Waals surface area contributed by atoms with Gasteiger partial charge in [0, 0.05) is 24.8 Å². The number of halogens is 1. The average Bonchev–Trinajstić information content (AvgIpc) is 2.41. The fraction of sp³-hybridized carbons (Fsp3) is 0.188. The molecule has 2 aromatic rings. The Hall–Kier alpha value is -2.16. The van der Waals surface area contributed by atoms with Crippen LogP contribution in [0.5, 0.6) is 0 Å². The summed E-state index contributed by atoms with van der Waals surface area (Å²) in [5, 5.41) is 0. The van der Waals surface area contributed by atoms with E-state index in [2.05, 4.69) is 0 Å². The summed E-state index contributed by atoms with van der Waals surface area (Å²) in [5.41, 5.74) is 3.61. The van der Waals surface area contributed by atoms with Crippen molar-refractivity contribution in [3.05, 3.63) is 65.0 Å². The number of benzene rings is 2. The zero-order valence-corrected chi connectivity index (χ0v) is 11.1. The van der Waals surface area contributed by atoms with E-state index in [0.717, 1.165) is 23.1 Å². The highest BCUT2D eigenvalue weighted by atomic mass is 19.1. The van der Waals surface area contributed by atoms with Crippen molar-refractivity contribution in [3.63, 3.8) is 0 Å². The van der Waals surface area contributed by atoms with Crippen LogP contribution in [0.3, 0.4) is 0 Å². The predicted octanol–water partition coefficient (Wildman–Crippen LogP) is 3.58. The molecule has 0 N–H and O–H groups in total. The van der Waals surface area contributed by atoms with Crippen molar-refractivity contribution < 1.29 is 9.18 Å². The molecule has 0 aliphatic heterocycles. The molecule has 2 aromatic carbocycles. The molecule has 0 aliphatic carbocycles. The number of rotatable bonds is 4. The summed E-state index contributed by atoms with van der Waals surface area (Å²) in [6.45, 7) is 2.58. The van der Waals surface area contributed by atoms with Crippen molar-refractivity contribution >= 4 is 12.0 Å². The first kappa shape index (κ1) is 13.3. The number of carbonyl (C=O) groups is 1. The Morgan fingerprint density at radius 2 is 1.84 bits per heavy atom. The number of nitrogens with zero attached hydrogens (tertiary/aromatic N) is 1. The second-order valence-electron chi connectivity index (χ2n) is 4.66. The third-order valence-electron chi connectivity index (χ3n) is 3.05. The molecule has 0 bridgehead atoms. The first-order chi connectivity index (χ1) is 9.10. The quantitative estimate of drug-likeness (QED) is 0.780. The molecule has 19 heavy (non-hydrogen) atoms. The van der Waals surface area contributed by atoms with Gasteiger partial charge < -0.3 is 4.90 Å². The van der Waals surface area contributed by atoms with Gasteiger partial charge in [0.1, 0.15) is 5.82 Å². The van der Waals surface area contributed by atoms with Crippen LogP contribution in [-0.2, 0) is 6.54 Å². The van der Waals surface area contributed by atoms with Gasteiger partial charge in [0.15, 0.2) is 6.29 Å². The fourth-order valence-corrected chi connectivity index (χ4v) is 2.06. The lowest BCUT2D eigenvalue weighted by Crippen LogP contribution is -2.18. The van der Waals surface area contributed by atoms with Crippen LogP contribution >= 0.6 is 0 Å². The van der Waals surface area contributed by atoms with Gasteiger partial charge in [-0.1, -0.05) is 23.8 Å². The molecular weight excluding hydrogens is 241 g/mol. The van der Waals surface area contributed by atoms with Gasteiger partial charge in [-0.15, -0.1) is 0 Å². The summed E-state index contributed by atoms with van der Waals surface area (Å²) in [4.78, 5) is 13.1. The van der Waals surface area contributed by atoms with Gasteiger partial charge in [0.05, 0.1) is 0 Å². The van der Waals surface area contributed by atoms with Crippen LogP contribution in [0.1, 0.15) is 21.5 Å². The summed E-state index contributed by atoms with van der Waals surface area (Å²) < 4.78 is 12.9. The van der Waals surface area contributed by atoms with Gasteiger partial charge in [0.25, 0.3) is 0 Å². The number of carbonyl (C=O) groups excluding carboxylic acids is 1. The highest BCUT2D eigenvalue weighted by Gasteiger charge is 2.08. The number of anilines is 1. The number of aryl methyl sites for hydroxylation is 1. The Morgan fingerprint density at radius 1 is 1.16 bits per heavy atom. The van der Waals surface area contributed by atoms with E-state index in [1.165, 1.54) is 12.1 Å². The van der Waals surface area contributed by atoms with Crippen LogP contribution in [0.2, 0.25) is 0 Å². The van der Waals surface area contributed by atoms with E-state index in [1.54, 1.807) is 12.1 Å². The third-order valence-corrected chi connectivity index (χ3v) is 3.05. The minimum atomic E-state index is -0.240. The summed E-state index contributed by atoms with van der Waals surface area (Å²) >= 11 is 0. The van der Waals surface area contributed by atoms with E-state index in [4.69, 9.17) is 0 Å². The van der Waals surface area contributed by atoms with Crippen molar-refractivity contribution in [2.75, 3.05) is 11.9 Å². The first-order valence-corrected chi connectivity index (χ1v) is 6.11. The molecule has 0 amide bonds. The van der Waals surface area contributed by atoms with Gasteiger partial charge in [-0.25, -0.2) is 4.39 Å². The molecule has 0 atom stereocenters. The fourth-order valence-electron chi connectivity index (χ4n) is 2.06. The zero-order valence-electron chi connectivity index (χ0n) is 11.1. The van der Waals surface area contributed by atoms with Crippen LogP contribution in [0.25, 0.3) is 0 Å². The summed E-state index contributed by atoms with van der Waals surface area (Å²) in [5.74, 6) is -0.240. The Kier molecular flexibility index (Phi) is 3.95. The molecule has 0 spiro atoms. The topological polar surface area (TPSA) is 20.3 Å². The lowest BCUT2D eigenvalue weighted by atomic mass is 10.1. The van der Waals surface area contributed by atoms with E-state index in [0.29, 0.717) is 12.1 Å². The van der Waals surface area contributed by atoms with Crippen molar-refractivity contribution in [2.45, 2.75) is 13.5 Å². The van der Waals surface area contributed by atoms with Gasteiger partial charge in [-0.05, 0) is 36.8 Å². The second-order valence-corrected chi connectivity index (χ2v) is 4.66. The molecule has 0 saturated heterocycles. The summed E-state index contributed by atoms with van der Waals surface area (Å²) in [7, 11) is 1.92. The van der Waals surface area contributed by atoms with E-state index >= 15 is 0 Å². The van der Waals surface area contributed by atoms with Crippen molar-refractivity contribution in [1.29, 1.82) is 0 Å². The van der Waals surface area contributed by atoms with Crippen LogP contribution in [0, 0.1) is 12.7 Å². The maximum absolute atomic E-state index is 12.9. The Morgan fingerprint density at radius 3 is 2.47 bits per heavy atom. The maximum atomic E-state index is 12.9. The van der Waals surface area contributed by atoms with Crippen molar-refractivity contribution in [3.8, 4) is 0 Å². The Labute approximate surface area is 112 Å². The van der Waals surface area contributed by atoms with Crippen LogP contribution in [0.4, 0.5) is 10.1 Å². The molecule has 0 saturated carbocycles. The van der Waals surface area contributed by atoms with E-state index in [1.807, 2.05) is 37.1 Å². The van der Waals surface area contributed by atoms with Gasteiger partial charge >= 0.3 is 0 Å². The predicted molar refractivity (Wildman–Crippen MR) is 75.1 cm³/mol. The standard InChI is InChI=1S/C16H16FNO/c1-12-3-8-16(14(9-12)11-19)18(2)10-13-4-6-15(17)7-5-13/h3-9,11H,10H2,1-2H3. The summed E-state index contributed by atoms with van der Waals surface area (Å²) in [6.07, 6.45) is 0.865. The minimum Gasteiger partial charge on any atom is -0.370 e. The zero-order chi connectivity index (χ0) is 13.8. The van der Waals surface area contributed by atoms with Crippen molar-refractivity contribution in [2.24, 2.45) is 0 Å². The normalized spacial score (nSPS) is 10.3. The Bertz CT molecular complexity index is 578. The van der Waals surface area contributed by atoms with Gasteiger partial charge in [-0.3, -0.25) is 4.79 Å². The lowest BCUT2D eigenvalue weighted by Gasteiger charge is -2.21. The first-order valence-electron chi connectivity index (χ1n) is 6.11. The Balaban J connectivity index is 2.22. The third kappa shape index (κ3) is 3.19. The van der Waals surface area contributed by atoms with E-state index < -0.39 is 0 Å². The van der Waals surface area contributed by atoms with Crippen molar-refractivity contribution in [1.82, 2.24) is 0 Å². The molecule has 0 fully saturated rings. The molecule has 98 valence electrons. The lowest BCUT2D eigenvalue weighted by molar-refractivity contribution is 0.112. The molecule has 2 rings (SSSR count). The van der Waals surface area contributed by atoms with Crippen LogP contribution < -0.4 is 4.90 Å². The molecule has 0 heterocycles. The SMILES string of the molecule is Cc1ccc(N(C)Cc2ccc(F)cc2)c(C=O)c1. The molecule has 0 aliphatic rings. The molecule has 0 aromatic heterocycles.